The number of benzene rings is 1. The lowest BCUT2D eigenvalue weighted by Crippen LogP contribution is -2.11. The summed E-state index contributed by atoms with van der Waals surface area (Å²) in [4.78, 5) is 8.66. The molecule has 6 nitrogen and oxygen atoms in total. The fourth-order valence-corrected chi connectivity index (χ4v) is 2.01. The fraction of sp³-hybridized carbons (Fsp3) is 0.286. The van der Waals surface area contributed by atoms with Crippen LogP contribution in [-0.2, 0) is 6.42 Å². The van der Waals surface area contributed by atoms with Crippen LogP contribution >= 0.6 is 11.6 Å². The summed E-state index contributed by atoms with van der Waals surface area (Å²) in [6.07, 6.45) is 0.709. The zero-order valence-electron chi connectivity index (χ0n) is 12.2. The van der Waals surface area contributed by atoms with Crippen LogP contribution in [0.4, 0.5) is 17.3 Å². The first kappa shape index (κ1) is 15.3. The largest absolute Gasteiger partial charge is 0.495 e. The molecule has 0 aliphatic carbocycles. The molecule has 1 aromatic carbocycles. The van der Waals surface area contributed by atoms with Gasteiger partial charge in [-0.25, -0.2) is 15.8 Å². The number of methoxy groups -OCH3 is 1. The summed E-state index contributed by atoms with van der Waals surface area (Å²) in [7, 11) is 1.59. The first-order chi connectivity index (χ1) is 10.1. The van der Waals surface area contributed by atoms with Gasteiger partial charge < -0.3 is 15.5 Å². The van der Waals surface area contributed by atoms with Crippen LogP contribution in [0.3, 0.4) is 0 Å². The molecule has 0 fully saturated rings. The molecule has 4 N–H and O–H groups in total. The molecule has 0 saturated heterocycles. The Morgan fingerprint density at radius 3 is 2.57 bits per heavy atom. The van der Waals surface area contributed by atoms with Gasteiger partial charge in [0.1, 0.15) is 23.2 Å². The average Bonchev–Trinajstić information content (AvgIpc) is 2.50. The Bertz CT molecular complexity index is 625. The van der Waals surface area contributed by atoms with Gasteiger partial charge in [-0.1, -0.05) is 18.5 Å². The van der Waals surface area contributed by atoms with Crippen molar-refractivity contribution < 1.29 is 4.74 Å². The average molecular weight is 308 g/mol. The van der Waals surface area contributed by atoms with Crippen molar-refractivity contribution in [1.82, 2.24) is 9.97 Å². The highest BCUT2D eigenvalue weighted by Crippen LogP contribution is 2.32. The fourth-order valence-electron chi connectivity index (χ4n) is 1.86. The van der Waals surface area contributed by atoms with Crippen molar-refractivity contribution in [3.63, 3.8) is 0 Å². The van der Waals surface area contributed by atoms with Crippen molar-refractivity contribution in [3.8, 4) is 5.75 Å². The van der Waals surface area contributed by atoms with Crippen molar-refractivity contribution >= 4 is 28.9 Å². The number of anilines is 3. The lowest BCUT2D eigenvalue weighted by Gasteiger charge is -2.13. The Morgan fingerprint density at radius 1 is 1.24 bits per heavy atom. The maximum absolute atomic E-state index is 6.10. The molecule has 0 radical (unpaired) electrons. The van der Waals surface area contributed by atoms with Crippen molar-refractivity contribution in [3.05, 3.63) is 34.6 Å². The van der Waals surface area contributed by atoms with E-state index >= 15 is 0 Å². The van der Waals surface area contributed by atoms with Gasteiger partial charge in [0, 0.05) is 23.6 Å². The summed E-state index contributed by atoms with van der Waals surface area (Å²) in [6, 6.07) is 5.40. The van der Waals surface area contributed by atoms with Crippen molar-refractivity contribution in [2.24, 2.45) is 5.84 Å². The standard InChI is InChI=1S/C14H18ClN5O/c1-4-12-18-13(7-14(19-12)20-16)17-10-5-8(2)9(15)6-11(10)21-3/h5-7H,4,16H2,1-3H3,(H2,17,18,19,20). The molecule has 0 spiro atoms. The molecule has 0 bridgehead atoms. The number of aromatic nitrogens is 2. The molecule has 1 aromatic heterocycles. The molecular formula is C14H18ClN5O. The Morgan fingerprint density at radius 2 is 1.95 bits per heavy atom. The predicted molar refractivity (Wildman–Crippen MR) is 85.2 cm³/mol. The second-order valence-corrected chi connectivity index (χ2v) is 4.89. The molecule has 2 aromatic rings. The van der Waals surface area contributed by atoms with Crippen molar-refractivity contribution in [2.45, 2.75) is 20.3 Å². The highest BCUT2D eigenvalue weighted by molar-refractivity contribution is 6.31. The number of nitrogens with one attached hydrogen (secondary N) is 2. The highest BCUT2D eigenvalue weighted by Gasteiger charge is 2.09. The summed E-state index contributed by atoms with van der Waals surface area (Å²) in [5.41, 5.74) is 4.26. The summed E-state index contributed by atoms with van der Waals surface area (Å²) in [6.45, 7) is 3.91. The van der Waals surface area contributed by atoms with Gasteiger partial charge in [0.05, 0.1) is 12.8 Å². The van der Waals surface area contributed by atoms with Gasteiger partial charge in [0.2, 0.25) is 0 Å². The number of nitrogens with zero attached hydrogens (tertiary/aromatic N) is 2. The number of ether oxygens (including phenoxy) is 1. The molecule has 7 heteroatoms. The topological polar surface area (TPSA) is 85.1 Å². The van der Waals surface area contributed by atoms with Gasteiger partial charge in [-0.2, -0.15) is 0 Å². The minimum absolute atomic E-state index is 0.550. The quantitative estimate of drug-likeness (QED) is 0.581. The third kappa shape index (κ3) is 3.53. The van der Waals surface area contributed by atoms with Gasteiger partial charge in [-0.3, -0.25) is 0 Å². The summed E-state index contributed by atoms with van der Waals surface area (Å²) < 4.78 is 5.34. The van der Waals surface area contributed by atoms with E-state index in [2.05, 4.69) is 20.7 Å². The van der Waals surface area contributed by atoms with E-state index in [1.165, 1.54) is 0 Å². The maximum atomic E-state index is 6.10. The van der Waals surface area contributed by atoms with Crippen LogP contribution in [-0.4, -0.2) is 17.1 Å². The lowest BCUT2D eigenvalue weighted by molar-refractivity contribution is 0.416. The van der Waals surface area contributed by atoms with Crippen LogP contribution < -0.4 is 21.3 Å². The van der Waals surface area contributed by atoms with Crippen molar-refractivity contribution in [2.75, 3.05) is 17.9 Å². The van der Waals surface area contributed by atoms with Crippen molar-refractivity contribution in [1.29, 1.82) is 0 Å². The van der Waals surface area contributed by atoms with E-state index in [-0.39, 0.29) is 0 Å². The Balaban J connectivity index is 2.39. The molecular weight excluding hydrogens is 290 g/mol. The van der Waals surface area contributed by atoms with E-state index in [0.717, 1.165) is 11.3 Å². The first-order valence-electron chi connectivity index (χ1n) is 6.53. The zero-order chi connectivity index (χ0) is 15.4. The SMILES string of the molecule is CCc1nc(NN)cc(Nc2cc(C)c(Cl)cc2OC)n1. The second kappa shape index (κ2) is 6.60. The number of aryl methyl sites for hydroxylation is 2. The van der Waals surface area contributed by atoms with E-state index in [9.17, 15) is 0 Å². The van der Waals surface area contributed by atoms with Crippen LogP contribution in [0, 0.1) is 6.92 Å². The van der Waals surface area contributed by atoms with Gasteiger partial charge in [0.25, 0.3) is 0 Å². The van der Waals surface area contributed by atoms with Gasteiger partial charge in [-0.05, 0) is 18.6 Å². The van der Waals surface area contributed by atoms with E-state index < -0.39 is 0 Å². The summed E-state index contributed by atoms with van der Waals surface area (Å²) in [5, 5.41) is 3.86. The van der Waals surface area contributed by atoms with Gasteiger partial charge in [-0.15, -0.1) is 0 Å². The number of hydrogen-bond donors (Lipinski definition) is 3. The van der Waals surface area contributed by atoms with Gasteiger partial charge in [0.15, 0.2) is 0 Å². The normalized spacial score (nSPS) is 10.3. The summed E-state index contributed by atoms with van der Waals surface area (Å²) >= 11 is 6.10. The zero-order valence-corrected chi connectivity index (χ0v) is 13.0. The molecule has 1 heterocycles. The predicted octanol–water partition coefficient (Wildman–Crippen LogP) is 3.04. The van der Waals surface area contributed by atoms with E-state index in [1.54, 1.807) is 19.2 Å². The third-order valence-electron chi connectivity index (χ3n) is 2.98. The number of nitrogens with two attached hydrogens (primary N) is 1. The molecule has 21 heavy (non-hydrogen) atoms. The number of halogens is 1. The lowest BCUT2D eigenvalue weighted by atomic mass is 10.2. The molecule has 0 unspecified atom stereocenters. The minimum atomic E-state index is 0.550. The third-order valence-corrected chi connectivity index (χ3v) is 3.39. The van der Waals surface area contributed by atoms with Crippen LogP contribution in [0.2, 0.25) is 5.02 Å². The van der Waals surface area contributed by atoms with E-state index in [1.807, 2.05) is 19.9 Å². The molecule has 0 saturated carbocycles. The van der Waals surface area contributed by atoms with Crippen LogP contribution in [0.25, 0.3) is 0 Å². The Kier molecular flexibility index (Phi) is 4.82. The van der Waals surface area contributed by atoms with E-state index in [0.29, 0.717) is 34.7 Å². The van der Waals surface area contributed by atoms with E-state index in [4.69, 9.17) is 22.2 Å². The molecule has 0 atom stereocenters. The minimum Gasteiger partial charge on any atom is -0.495 e. The van der Waals surface area contributed by atoms with Gasteiger partial charge >= 0.3 is 0 Å². The second-order valence-electron chi connectivity index (χ2n) is 4.48. The van der Waals surface area contributed by atoms with Crippen LogP contribution in [0.15, 0.2) is 18.2 Å². The summed E-state index contributed by atoms with van der Waals surface area (Å²) in [5.74, 6) is 7.94. The molecule has 0 aliphatic rings. The molecule has 0 aliphatic heterocycles. The maximum Gasteiger partial charge on any atom is 0.145 e. The Labute approximate surface area is 128 Å². The smallest absolute Gasteiger partial charge is 0.145 e. The number of nitrogen functional groups attached to an aromatic ring is 1. The highest BCUT2D eigenvalue weighted by atomic mass is 35.5. The Hall–Kier alpha value is -2.05. The monoisotopic (exact) mass is 307 g/mol. The number of hydrogen-bond acceptors (Lipinski definition) is 6. The first-order valence-corrected chi connectivity index (χ1v) is 6.91. The molecule has 0 amide bonds. The molecule has 112 valence electrons. The number of rotatable bonds is 5. The number of hydrazine groups is 1. The molecule has 2 rings (SSSR count). The van der Waals surface area contributed by atoms with Crippen LogP contribution in [0.5, 0.6) is 5.75 Å². The van der Waals surface area contributed by atoms with Crippen LogP contribution in [0.1, 0.15) is 18.3 Å².